The minimum Gasteiger partial charge on any atom is -0.507 e. The van der Waals surface area contributed by atoms with Gasteiger partial charge in [-0.05, 0) is 25.0 Å². The molecule has 0 spiro atoms. The van der Waals surface area contributed by atoms with Gasteiger partial charge in [-0.2, -0.15) is 0 Å². The Morgan fingerprint density at radius 1 is 1.33 bits per heavy atom. The van der Waals surface area contributed by atoms with E-state index in [9.17, 15) is 5.11 Å². The summed E-state index contributed by atoms with van der Waals surface area (Å²) in [4.78, 5) is 0. The fourth-order valence-corrected chi connectivity index (χ4v) is 1.52. The van der Waals surface area contributed by atoms with Crippen molar-refractivity contribution in [3.8, 4) is 5.75 Å². The first-order chi connectivity index (χ1) is 5.70. The van der Waals surface area contributed by atoms with Gasteiger partial charge in [0.15, 0.2) is 0 Å². The Labute approximate surface area is 72.2 Å². The second-order valence-electron chi connectivity index (χ2n) is 3.42. The lowest BCUT2D eigenvalue weighted by atomic mass is 10.0. The maximum absolute atomic E-state index is 9.75. The number of aryl methyl sites for hydroxylation is 2. The zero-order valence-corrected chi connectivity index (χ0v) is 7.39. The number of hydrogen-bond donors (Lipinski definition) is 2. The smallest absolute Gasteiger partial charge is 0.123 e. The molecule has 2 rings (SSSR count). The van der Waals surface area contributed by atoms with E-state index in [1.54, 1.807) is 0 Å². The van der Waals surface area contributed by atoms with Crippen molar-refractivity contribution < 1.29 is 5.11 Å². The summed E-state index contributed by atoms with van der Waals surface area (Å²) < 4.78 is 0. The Bertz CT molecular complexity index is 316. The molecule has 2 N–H and O–H groups in total. The highest BCUT2D eigenvalue weighted by Gasteiger charge is 2.27. The van der Waals surface area contributed by atoms with Crippen LogP contribution in [-0.2, 0) is 0 Å². The van der Waals surface area contributed by atoms with E-state index in [2.05, 4.69) is 11.4 Å². The largest absolute Gasteiger partial charge is 0.507 e. The van der Waals surface area contributed by atoms with Crippen LogP contribution in [-0.4, -0.2) is 11.7 Å². The molecule has 0 unspecified atom stereocenters. The molecular weight excluding hydrogens is 150 g/mol. The number of phenolic OH excluding ortho intramolecular Hbond substituents is 1. The minimum absolute atomic E-state index is 0.393. The summed E-state index contributed by atoms with van der Waals surface area (Å²) in [7, 11) is 0. The van der Waals surface area contributed by atoms with Gasteiger partial charge in [-0.3, -0.25) is 0 Å². The third-order valence-electron chi connectivity index (χ3n) is 2.39. The van der Waals surface area contributed by atoms with Gasteiger partial charge < -0.3 is 10.4 Å². The van der Waals surface area contributed by atoms with E-state index in [0.717, 1.165) is 17.7 Å². The summed E-state index contributed by atoms with van der Waals surface area (Å²) in [6.07, 6.45) is 0. The fourth-order valence-electron chi connectivity index (χ4n) is 1.52. The second-order valence-corrected chi connectivity index (χ2v) is 3.42. The van der Waals surface area contributed by atoms with Crippen molar-refractivity contribution in [3.05, 3.63) is 28.8 Å². The molecule has 1 aliphatic rings. The van der Waals surface area contributed by atoms with Gasteiger partial charge in [-0.1, -0.05) is 12.1 Å². The standard InChI is InChI=1S/C10H13NO/c1-6-3-4-7(2)10(12)9(6)8-5-11-8/h3-4,8,11-12H,5H2,1-2H3/t8-/m1/s1. The van der Waals surface area contributed by atoms with Gasteiger partial charge in [0.2, 0.25) is 0 Å². The van der Waals surface area contributed by atoms with Crippen LogP contribution in [0.3, 0.4) is 0 Å². The topological polar surface area (TPSA) is 42.2 Å². The maximum atomic E-state index is 9.75. The summed E-state index contributed by atoms with van der Waals surface area (Å²) >= 11 is 0. The molecule has 2 heteroatoms. The average Bonchev–Trinajstić information content (AvgIpc) is 2.81. The zero-order valence-electron chi connectivity index (χ0n) is 7.39. The van der Waals surface area contributed by atoms with Gasteiger partial charge in [-0.15, -0.1) is 0 Å². The predicted octanol–water partition coefficient (Wildman–Crippen LogP) is 1.65. The van der Waals surface area contributed by atoms with Crippen LogP contribution in [0.25, 0.3) is 0 Å². The van der Waals surface area contributed by atoms with Gasteiger partial charge in [0, 0.05) is 18.2 Å². The number of rotatable bonds is 1. The minimum atomic E-state index is 0.393. The third kappa shape index (κ3) is 1.08. The number of phenols is 1. The predicted molar refractivity (Wildman–Crippen MR) is 48.3 cm³/mol. The van der Waals surface area contributed by atoms with Crippen LogP contribution in [0.4, 0.5) is 0 Å². The van der Waals surface area contributed by atoms with Crippen molar-refractivity contribution in [2.75, 3.05) is 6.54 Å². The maximum Gasteiger partial charge on any atom is 0.123 e. The second kappa shape index (κ2) is 2.49. The van der Waals surface area contributed by atoms with E-state index in [-0.39, 0.29) is 0 Å². The van der Waals surface area contributed by atoms with E-state index in [0.29, 0.717) is 11.8 Å². The first-order valence-electron chi connectivity index (χ1n) is 4.22. The SMILES string of the molecule is Cc1ccc(C)c([C@H]2CN2)c1O. The molecule has 1 aliphatic heterocycles. The lowest BCUT2D eigenvalue weighted by molar-refractivity contribution is 0.463. The van der Waals surface area contributed by atoms with Crippen molar-refractivity contribution in [1.82, 2.24) is 5.32 Å². The van der Waals surface area contributed by atoms with Crippen LogP contribution in [0.2, 0.25) is 0 Å². The Hall–Kier alpha value is -1.02. The van der Waals surface area contributed by atoms with E-state index in [1.165, 1.54) is 5.56 Å². The number of hydrogen-bond acceptors (Lipinski definition) is 2. The normalized spacial score (nSPS) is 21.0. The van der Waals surface area contributed by atoms with E-state index in [1.807, 2.05) is 19.9 Å². The molecular formula is C10H13NO. The average molecular weight is 163 g/mol. The number of nitrogens with one attached hydrogen (secondary N) is 1. The highest BCUT2D eigenvalue weighted by atomic mass is 16.3. The zero-order chi connectivity index (χ0) is 8.72. The van der Waals surface area contributed by atoms with Crippen molar-refractivity contribution >= 4 is 0 Å². The Morgan fingerprint density at radius 3 is 2.50 bits per heavy atom. The van der Waals surface area contributed by atoms with Gasteiger partial charge in [0.1, 0.15) is 5.75 Å². The van der Waals surface area contributed by atoms with Crippen molar-refractivity contribution in [2.45, 2.75) is 19.9 Å². The Morgan fingerprint density at radius 2 is 1.92 bits per heavy atom. The summed E-state index contributed by atoms with van der Waals surface area (Å²) in [5.41, 5.74) is 3.22. The monoisotopic (exact) mass is 163 g/mol. The quantitative estimate of drug-likeness (QED) is 0.618. The third-order valence-corrected chi connectivity index (χ3v) is 2.39. The lowest BCUT2D eigenvalue weighted by Crippen LogP contribution is -1.92. The van der Waals surface area contributed by atoms with E-state index in [4.69, 9.17) is 0 Å². The van der Waals surface area contributed by atoms with E-state index < -0.39 is 0 Å². The summed E-state index contributed by atoms with van der Waals surface area (Å²) in [6.45, 7) is 4.97. The lowest BCUT2D eigenvalue weighted by Gasteiger charge is -2.08. The first kappa shape index (κ1) is 7.62. The summed E-state index contributed by atoms with van der Waals surface area (Å²) in [5, 5.41) is 12.9. The summed E-state index contributed by atoms with van der Waals surface area (Å²) in [6, 6.07) is 4.41. The van der Waals surface area contributed by atoms with Crippen LogP contribution in [0.15, 0.2) is 12.1 Å². The summed E-state index contributed by atoms with van der Waals surface area (Å²) in [5.74, 6) is 0.463. The Kier molecular flexibility index (Phi) is 1.58. The van der Waals surface area contributed by atoms with Gasteiger partial charge in [0.25, 0.3) is 0 Å². The van der Waals surface area contributed by atoms with Crippen LogP contribution < -0.4 is 5.32 Å². The molecule has 0 aliphatic carbocycles. The van der Waals surface area contributed by atoms with Crippen molar-refractivity contribution in [1.29, 1.82) is 0 Å². The first-order valence-corrected chi connectivity index (χ1v) is 4.22. The van der Waals surface area contributed by atoms with Crippen molar-refractivity contribution in [2.24, 2.45) is 0 Å². The molecule has 1 aromatic carbocycles. The molecule has 0 amide bonds. The number of aromatic hydroxyl groups is 1. The molecule has 0 aromatic heterocycles. The molecule has 1 atom stereocenters. The van der Waals surface area contributed by atoms with E-state index >= 15 is 0 Å². The van der Waals surface area contributed by atoms with Crippen LogP contribution in [0.5, 0.6) is 5.75 Å². The molecule has 0 bridgehead atoms. The molecule has 1 saturated heterocycles. The molecule has 0 radical (unpaired) electrons. The highest BCUT2D eigenvalue weighted by Crippen LogP contribution is 2.34. The highest BCUT2D eigenvalue weighted by molar-refractivity contribution is 5.47. The van der Waals surface area contributed by atoms with Gasteiger partial charge in [-0.25, -0.2) is 0 Å². The molecule has 1 aromatic rings. The molecule has 1 fully saturated rings. The molecule has 64 valence electrons. The van der Waals surface area contributed by atoms with Crippen molar-refractivity contribution in [3.63, 3.8) is 0 Å². The van der Waals surface area contributed by atoms with Gasteiger partial charge >= 0.3 is 0 Å². The van der Waals surface area contributed by atoms with Gasteiger partial charge in [0.05, 0.1) is 0 Å². The molecule has 12 heavy (non-hydrogen) atoms. The molecule has 1 heterocycles. The molecule has 0 saturated carbocycles. The Balaban J connectivity index is 2.55. The number of benzene rings is 1. The van der Waals surface area contributed by atoms with Crippen LogP contribution >= 0.6 is 0 Å². The fraction of sp³-hybridized carbons (Fsp3) is 0.400. The van der Waals surface area contributed by atoms with Crippen LogP contribution in [0.1, 0.15) is 22.7 Å². The molecule has 2 nitrogen and oxygen atoms in total. The van der Waals surface area contributed by atoms with Crippen LogP contribution in [0, 0.1) is 13.8 Å².